The van der Waals surface area contributed by atoms with Crippen molar-refractivity contribution in [3.05, 3.63) is 52.2 Å². The van der Waals surface area contributed by atoms with Crippen LogP contribution in [-0.4, -0.2) is 39.2 Å². The minimum atomic E-state index is -3.60. The number of thiophene rings is 1. The van der Waals surface area contributed by atoms with E-state index in [-0.39, 0.29) is 4.90 Å². The van der Waals surface area contributed by atoms with Gasteiger partial charge in [-0.1, -0.05) is 23.8 Å². The van der Waals surface area contributed by atoms with Crippen LogP contribution in [0.1, 0.15) is 10.4 Å². The van der Waals surface area contributed by atoms with Crippen LogP contribution in [0.15, 0.2) is 51.7 Å². The third-order valence-corrected chi connectivity index (χ3v) is 6.01. The van der Waals surface area contributed by atoms with Gasteiger partial charge in [0.2, 0.25) is 5.96 Å². The second-order valence-electron chi connectivity index (χ2n) is 5.63. The summed E-state index contributed by atoms with van der Waals surface area (Å²) in [5, 5.41) is 5.09. The average Bonchev–Trinajstić information content (AvgIpc) is 3.08. The first kappa shape index (κ1) is 16.9. The van der Waals surface area contributed by atoms with Crippen molar-refractivity contribution in [3.8, 4) is 0 Å². The van der Waals surface area contributed by atoms with Crippen LogP contribution in [0, 0.1) is 6.92 Å². The molecule has 0 radical (unpaired) electrons. The summed E-state index contributed by atoms with van der Waals surface area (Å²) in [6, 6.07) is 10.9. The summed E-state index contributed by atoms with van der Waals surface area (Å²) in [6.07, 6.45) is 0.972. The topological polar surface area (TPSA) is 73.8 Å². The van der Waals surface area contributed by atoms with Crippen molar-refractivity contribution in [2.75, 3.05) is 19.9 Å². The van der Waals surface area contributed by atoms with Crippen LogP contribution < -0.4 is 10.0 Å². The van der Waals surface area contributed by atoms with Crippen LogP contribution in [0.25, 0.3) is 0 Å². The number of hydrogen-bond acceptors (Lipinski definition) is 6. The van der Waals surface area contributed by atoms with Gasteiger partial charge in [0.05, 0.1) is 18.2 Å². The highest BCUT2D eigenvalue weighted by Gasteiger charge is 2.19. The van der Waals surface area contributed by atoms with Crippen LogP contribution in [0.2, 0.25) is 0 Å². The largest absolute Gasteiger partial charge is 0.343 e. The van der Waals surface area contributed by atoms with E-state index >= 15 is 0 Å². The quantitative estimate of drug-likeness (QED) is 0.848. The molecule has 0 unspecified atom stereocenters. The molecular weight excluding hydrogens is 344 g/mol. The van der Waals surface area contributed by atoms with Crippen LogP contribution >= 0.6 is 11.3 Å². The van der Waals surface area contributed by atoms with Gasteiger partial charge in [-0.2, -0.15) is 0 Å². The van der Waals surface area contributed by atoms with Crippen LogP contribution in [0.5, 0.6) is 0 Å². The van der Waals surface area contributed by atoms with Gasteiger partial charge in [-0.25, -0.2) is 18.1 Å². The van der Waals surface area contributed by atoms with Crippen LogP contribution in [-0.2, 0) is 16.4 Å². The van der Waals surface area contributed by atoms with E-state index < -0.39 is 10.0 Å². The van der Waals surface area contributed by atoms with E-state index in [1.807, 2.05) is 13.0 Å². The Morgan fingerprint density at radius 3 is 2.71 bits per heavy atom. The lowest BCUT2D eigenvalue weighted by molar-refractivity contribution is 0.267. The number of nitrogens with one attached hydrogen (secondary N) is 2. The SMILES string of the molecule is Cc1ccc(S(=O)(=O)NC2=NCN(CCc3cccs3)CN2)cc1. The summed E-state index contributed by atoms with van der Waals surface area (Å²) < 4.78 is 27.2. The summed E-state index contributed by atoms with van der Waals surface area (Å²) >= 11 is 1.74. The molecule has 0 amide bonds. The number of rotatable bonds is 5. The molecule has 24 heavy (non-hydrogen) atoms. The van der Waals surface area contributed by atoms with Gasteiger partial charge >= 0.3 is 0 Å². The van der Waals surface area contributed by atoms with Gasteiger partial charge in [0.1, 0.15) is 0 Å². The fourth-order valence-corrected chi connectivity index (χ4v) is 4.01. The van der Waals surface area contributed by atoms with Crippen LogP contribution in [0.4, 0.5) is 0 Å². The fourth-order valence-electron chi connectivity index (χ4n) is 2.31. The van der Waals surface area contributed by atoms with Gasteiger partial charge in [0.25, 0.3) is 10.0 Å². The number of guanidine groups is 1. The van der Waals surface area contributed by atoms with Crippen molar-refractivity contribution in [1.29, 1.82) is 0 Å². The van der Waals surface area contributed by atoms with Gasteiger partial charge in [0, 0.05) is 11.4 Å². The van der Waals surface area contributed by atoms with E-state index in [0.29, 0.717) is 19.3 Å². The molecular formula is C16H20N4O2S2. The molecule has 2 aromatic rings. The monoisotopic (exact) mass is 364 g/mol. The first-order valence-electron chi connectivity index (χ1n) is 7.65. The second kappa shape index (κ2) is 7.33. The van der Waals surface area contributed by atoms with Gasteiger partial charge in [-0.05, 0) is 36.9 Å². The van der Waals surface area contributed by atoms with E-state index in [9.17, 15) is 8.42 Å². The molecule has 0 bridgehead atoms. The lowest BCUT2D eigenvalue weighted by atomic mass is 10.2. The minimum Gasteiger partial charge on any atom is -0.343 e. The maximum Gasteiger partial charge on any atom is 0.264 e. The number of aryl methyl sites for hydroxylation is 1. The molecule has 1 aliphatic heterocycles. The Kier molecular flexibility index (Phi) is 5.17. The highest BCUT2D eigenvalue weighted by molar-refractivity contribution is 7.90. The number of nitrogens with zero attached hydrogens (tertiary/aromatic N) is 2. The predicted octanol–water partition coefficient (Wildman–Crippen LogP) is 1.75. The van der Waals surface area contributed by atoms with Crippen molar-refractivity contribution in [2.24, 2.45) is 4.99 Å². The molecule has 6 nitrogen and oxygen atoms in total. The number of sulfonamides is 1. The summed E-state index contributed by atoms with van der Waals surface area (Å²) in [4.78, 5) is 7.98. The van der Waals surface area contributed by atoms with E-state index in [1.54, 1.807) is 35.6 Å². The van der Waals surface area contributed by atoms with Gasteiger partial charge in [-0.3, -0.25) is 4.90 Å². The molecule has 0 saturated heterocycles. The number of aliphatic imine (C=N–C) groups is 1. The van der Waals surface area contributed by atoms with E-state index in [1.165, 1.54) is 4.88 Å². The van der Waals surface area contributed by atoms with Crippen LogP contribution in [0.3, 0.4) is 0 Å². The summed E-state index contributed by atoms with van der Waals surface area (Å²) in [5.41, 5.74) is 1.02. The van der Waals surface area contributed by atoms with Gasteiger partial charge in [-0.15, -0.1) is 11.3 Å². The summed E-state index contributed by atoms with van der Waals surface area (Å²) in [7, 11) is -3.60. The number of benzene rings is 1. The normalized spacial score (nSPS) is 15.6. The standard InChI is InChI=1S/C16H20N4O2S2/c1-13-4-6-15(7-5-13)24(21,22)19-16-17-11-20(12-18-16)9-8-14-3-2-10-23-14/h2-7,10H,8-9,11-12H2,1H3,(H2,17,18,19). The van der Waals surface area contributed by atoms with Crippen molar-refractivity contribution in [3.63, 3.8) is 0 Å². The highest BCUT2D eigenvalue weighted by Crippen LogP contribution is 2.11. The molecule has 1 aromatic carbocycles. The molecule has 2 heterocycles. The molecule has 3 rings (SSSR count). The zero-order chi connectivity index (χ0) is 17.0. The maximum atomic E-state index is 12.3. The zero-order valence-corrected chi connectivity index (χ0v) is 15.0. The second-order valence-corrected chi connectivity index (χ2v) is 8.34. The lowest BCUT2D eigenvalue weighted by Gasteiger charge is -2.26. The molecule has 0 spiro atoms. The maximum absolute atomic E-state index is 12.3. The first-order valence-corrected chi connectivity index (χ1v) is 10.0. The smallest absolute Gasteiger partial charge is 0.264 e. The lowest BCUT2D eigenvalue weighted by Crippen LogP contribution is -2.50. The molecule has 2 N–H and O–H groups in total. The van der Waals surface area contributed by atoms with Gasteiger partial charge in [0.15, 0.2) is 0 Å². The summed E-state index contributed by atoms with van der Waals surface area (Å²) in [5.74, 6) is 0.294. The number of hydrogen-bond donors (Lipinski definition) is 2. The highest BCUT2D eigenvalue weighted by atomic mass is 32.2. The molecule has 0 fully saturated rings. The average molecular weight is 364 g/mol. The fraction of sp³-hybridized carbons (Fsp3) is 0.312. The van der Waals surface area contributed by atoms with Gasteiger partial charge < -0.3 is 5.32 Å². The Morgan fingerprint density at radius 1 is 1.29 bits per heavy atom. The Bertz CT molecular complexity index is 799. The molecule has 1 aliphatic rings. The van der Waals surface area contributed by atoms with Crippen molar-refractivity contribution in [2.45, 2.75) is 18.2 Å². The first-order chi connectivity index (χ1) is 11.5. The predicted molar refractivity (Wildman–Crippen MR) is 96.5 cm³/mol. The Hall–Kier alpha value is -1.90. The van der Waals surface area contributed by atoms with Crippen molar-refractivity contribution < 1.29 is 8.42 Å². The minimum absolute atomic E-state index is 0.234. The van der Waals surface area contributed by atoms with Crippen molar-refractivity contribution in [1.82, 2.24) is 14.9 Å². The Balaban J connectivity index is 1.55. The van der Waals surface area contributed by atoms with E-state index in [2.05, 4.69) is 31.4 Å². The van der Waals surface area contributed by atoms with E-state index in [4.69, 9.17) is 0 Å². The molecule has 0 atom stereocenters. The third kappa shape index (κ3) is 4.34. The molecule has 0 saturated carbocycles. The van der Waals surface area contributed by atoms with Crippen molar-refractivity contribution >= 4 is 27.3 Å². The Labute approximate surface area is 146 Å². The molecule has 128 valence electrons. The third-order valence-electron chi connectivity index (χ3n) is 3.72. The Morgan fingerprint density at radius 2 is 2.08 bits per heavy atom. The molecule has 8 heteroatoms. The van der Waals surface area contributed by atoms with E-state index in [0.717, 1.165) is 18.5 Å². The zero-order valence-electron chi connectivity index (χ0n) is 13.4. The molecule has 1 aromatic heterocycles. The molecule has 0 aliphatic carbocycles. The summed E-state index contributed by atoms with van der Waals surface area (Å²) in [6.45, 7) is 3.85.